The number of likely N-dealkylation sites (tertiary alicyclic amines) is 1. The minimum absolute atomic E-state index is 0.0775. The summed E-state index contributed by atoms with van der Waals surface area (Å²) in [5, 5.41) is 21.4. The summed E-state index contributed by atoms with van der Waals surface area (Å²) in [5.41, 5.74) is 0.580. The molecule has 1 atom stereocenters. The number of pyridine rings is 1. The van der Waals surface area contributed by atoms with Crippen molar-refractivity contribution in [3.8, 4) is 17.6 Å². The highest BCUT2D eigenvalue weighted by molar-refractivity contribution is 5.87. The van der Waals surface area contributed by atoms with Gasteiger partial charge >= 0.3 is 5.97 Å². The number of carbonyl (C=O) groups is 2. The van der Waals surface area contributed by atoms with E-state index in [4.69, 9.17) is 5.26 Å². The van der Waals surface area contributed by atoms with E-state index >= 15 is 0 Å². The van der Waals surface area contributed by atoms with Crippen molar-refractivity contribution < 1.29 is 19.1 Å². The van der Waals surface area contributed by atoms with Gasteiger partial charge in [-0.1, -0.05) is 0 Å². The molecule has 1 saturated heterocycles. The number of rotatable bonds is 5. The summed E-state index contributed by atoms with van der Waals surface area (Å²) in [7, 11) is 0. The van der Waals surface area contributed by atoms with E-state index in [-0.39, 0.29) is 35.7 Å². The first-order valence-electron chi connectivity index (χ1n) is 9.61. The lowest BCUT2D eigenvalue weighted by Gasteiger charge is -2.33. The predicted octanol–water partition coefficient (Wildman–Crippen LogP) is 1.95. The largest absolute Gasteiger partial charge is 0.477 e. The molecule has 0 aromatic carbocycles. The average Bonchev–Trinajstić information content (AvgIpc) is 3.17. The molecule has 0 radical (unpaired) electrons. The first kappa shape index (κ1) is 20.2. The molecule has 11 heteroatoms. The second-order valence-electron chi connectivity index (χ2n) is 7.14. The molecule has 31 heavy (non-hydrogen) atoms. The highest BCUT2D eigenvalue weighted by Crippen LogP contribution is 2.22. The molecular weight excluding hydrogens is 405 g/mol. The lowest BCUT2D eigenvalue weighted by atomic mass is 10.1. The molecule has 1 aliphatic rings. The summed E-state index contributed by atoms with van der Waals surface area (Å²) in [6.45, 7) is 0.949. The fourth-order valence-electron chi connectivity index (χ4n) is 3.58. The van der Waals surface area contributed by atoms with Gasteiger partial charge in [0.25, 0.3) is 0 Å². The van der Waals surface area contributed by atoms with Crippen molar-refractivity contribution >= 4 is 23.3 Å². The summed E-state index contributed by atoms with van der Waals surface area (Å²) >= 11 is 0. The van der Waals surface area contributed by atoms with Gasteiger partial charge in [-0.25, -0.2) is 24.1 Å². The first-order valence-corrected chi connectivity index (χ1v) is 9.61. The lowest BCUT2D eigenvalue weighted by Crippen LogP contribution is -2.45. The monoisotopic (exact) mass is 423 g/mol. The Balaban J connectivity index is 1.65. The van der Waals surface area contributed by atoms with Crippen molar-refractivity contribution in [2.45, 2.75) is 25.3 Å². The topological polar surface area (TPSA) is 137 Å². The van der Waals surface area contributed by atoms with Crippen LogP contribution in [0.3, 0.4) is 0 Å². The van der Waals surface area contributed by atoms with Gasteiger partial charge in [-0.2, -0.15) is 5.26 Å². The molecule has 0 bridgehead atoms. The van der Waals surface area contributed by atoms with E-state index < -0.39 is 11.8 Å². The number of imidazole rings is 1. The van der Waals surface area contributed by atoms with Crippen LogP contribution >= 0.6 is 0 Å². The smallest absolute Gasteiger partial charge is 0.354 e. The normalized spacial score (nSPS) is 16.1. The van der Waals surface area contributed by atoms with Gasteiger partial charge in [0.05, 0.1) is 12.3 Å². The third-order valence-electron chi connectivity index (χ3n) is 5.00. The summed E-state index contributed by atoms with van der Waals surface area (Å²) in [6, 6.07) is 5.77. The molecular formula is C20H18FN7O3. The number of carbonyl (C=O) groups excluding carboxylic acids is 1. The molecule has 1 fully saturated rings. The Morgan fingerprint density at radius 3 is 2.97 bits per heavy atom. The van der Waals surface area contributed by atoms with Gasteiger partial charge in [-0.05, 0) is 25.0 Å². The van der Waals surface area contributed by atoms with Crippen molar-refractivity contribution in [2.24, 2.45) is 0 Å². The highest BCUT2D eigenvalue weighted by atomic mass is 19.1. The SMILES string of the molecule is N#CCC(=O)N1CCCC(Nc2cc(C(=O)O)nc(-c3cnc4ccc(F)cn34)n2)C1. The number of aromatic carboxylic acids is 1. The van der Waals surface area contributed by atoms with Gasteiger partial charge in [-0.15, -0.1) is 0 Å². The number of amides is 1. The van der Waals surface area contributed by atoms with Crippen LogP contribution in [-0.4, -0.2) is 60.4 Å². The zero-order chi connectivity index (χ0) is 22.0. The lowest BCUT2D eigenvalue weighted by molar-refractivity contribution is -0.131. The second kappa shape index (κ2) is 8.35. The predicted molar refractivity (Wildman–Crippen MR) is 107 cm³/mol. The van der Waals surface area contributed by atoms with Crippen LogP contribution in [0.2, 0.25) is 0 Å². The number of hydrogen-bond donors (Lipinski definition) is 2. The number of carboxylic acids is 1. The van der Waals surface area contributed by atoms with E-state index in [0.717, 1.165) is 12.8 Å². The average molecular weight is 423 g/mol. The maximum atomic E-state index is 13.7. The van der Waals surface area contributed by atoms with Crippen molar-refractivity contribution in [1.82, 2.24) is 24.3 Å². The van der Waals surface area contributed by atoms with Crippen LogP contribution in [0.4, 0.5) is 10.2 Å². The van der Waals surface area contributed by atoms with E-state index in [1.807, 2.05) is 6.07 Å². The summed E-state index contributed by atoms with van der Waals surface area (Å²) in [4.78, 5) is 37.9. The van der Waals surface area contributed by atoms with E-state index in [1.54, 1.807) is 4.90 Å². The van der Waals surface area contributed by atoms with Gasteiger partial charge in [0.1, 0.15) is 29.4 Å². The maximum absolute atomic E-state index is 13.7. The maximum Gasteiger partial charge on any atom is 0.354 e. The van der Waals surface area contributed by atoms with Crippen molar-refractivity contribution in [3.05, 3.63) is 42.1 Å². The number of anilines is 1. The third-order valence-corrected chi connectivity index (χ3v) is 5.00. The number of piperidine rings is 1. The van der Waals surface area contributed by atoms with Crippen LogP contribution in [0.1, 0.15) is 29.8 Å². The van der Waals surface area contributed by atoms with Crippen molar-refractivity contribution in [2.75, 3.05) is 18.4 Å². The quantitative estimate of drug-likeness (QED) is 0.635. The fourth-order valence-corrected chi connectivity index (χ4v) is 3.58. The molecule has 2 N–H and O–H groups in total. The number of nitrogens with zero attached hydrogens (tertiary/aromatic N) is 6. The molecule has 0 aliphatic carbocycles. The Kier molecular flexibility index (Phi) is 5.44. The van der Waals surface area contributed by atoms with Crippen LogP contribution in [0, 0.1) is 17.1 Å². The summed E-state index contributed by atoms with van der Waals surface area (Å²) in [6.07, 6.45) is 3.98. The highest BCUT2D eigenvalue weighted by Gasteiger charge is 2.24. The molecule has 1 aliphatic heterocycles. The van der Waals surface area contributed by atoms with Gasteiger partial charge in [-0.3, -0.25) is 9.20 Å². The van der Waals surface area contributed by atoms with Crippen molar-refractivity contribution in [3.63, 3.8) is 0 Å². The summed E-state index contributed by atoms with van der Waals surface area (Å²) in [5.74, 6) is -1.61. The molecule has 0 saturated carbocycles. The van der Waals surface area contributed by atoms with Gasteiger partial charge in [0.2, 0.25) is 5.91 Å². The Morgan fingerprint density at radius 1 is 1.35 bits per heavy atom. The number of aromatic nitrogens is 4. The molecule has 3 aromatic heterocycles. The number of nitriles is 1. The van der Waals surface area contributed by atoms with Crippen LogP contribution in [0.15, 0.2) is 30.6 Å². The third kappa shape index (κ3) is 4.28. The Morgan fingerprint density at radius 2 is 2.19 bits per heavy atom. The van der Waals surface area contributed by atoms with Gasteiger partial charge in [0, 0.05) is 31.4 Å². The minimum Gasteiger partial charge on any atom is -0.477 e. The molecule has 0 spiro atoms. The van der Waals surface area contributed by atoms with Gasteiger partial charge < -0.3 is 15.3 Å². The second-order valence-corrected chi connectivity index (χ2v) is 7.14. The minimum atomic E-state index is -1.24. The molecule has 3 aromatic rings. The zero-order valence-electron chi connectivity index (χ0n) is 16.3. The number of fused-ring (bicyclic) bond motifs is 1. The molecule has 1 amide bonds. The van der Waals surface area contributed by atoms with E-state index in [0.29, 0.717) is 24.4 Å². The Hall–Kier alpha value is -4.07. The number of carboxylic acid groups (broad SMARTS) is 1. The van der Waals surface area contributed by atoms with Gasteiger partial charge in [0.15, 0.2) is 11.5 Å². The molecule has 158 valence electrons. The number of nitrogens with one attached hydrogen (secondary N) is 1. The first-order chi connectivity index (χ1) is 14.9. The standard InChI is InChI=1S/C20H18FN7O3/c21-12-3-4-17-23-9-15(28(17)10-12)19-25-14(20(30)31)8-16(26-19)24-13-2-1-7-27(11-13)18(29)5-6-22/h3-4,8-10,13H,1-2,5,7,11H2,(H,30,31)(H,24,25,26). The van der Waals surface area contributed by atoms with Crippen LogP contribution in [0.5, 0.6) is 0 Å². The molecule has 4 rings (SSSR count). The Labute approximate surface area is 176 Å². The van der Waals surface area contributed by atoms with Crippen LogP contribution in [0.25, 0.3) is 17.2 Å². The number of halogens is 1. The van der Waals surface area contributed by atoms with Crippen molar-refractivity contribution in [1.29, 1.82) is 5.26 Å². The Bertz CT molecular complexity index is 1200. The van der Waals surface area contributed by atoms with Crippen LogP contribution < -0.4 is 5.32 Å². The van der Waals surface area contributed by atoms with E-state index in [1.165, 1.54) is 35.0 Å². The van der Waals surface area contributed by atoms with E-state index in [9.17, 15) is 19.1 Å². The molecule has 1 unspecified atom stereocenters. The zero-order valence-corrected chi connectivity index (χ0v) is 16.3. The number of hydrogen-bond acceptors (Lipinski definition) is 7. The van der Waals surface area contributed by atoms with Crippen LogP contribution in [-0.2, 0) is 4.79 Å². The summed E-state index contributed by atoms with van der Waals surface area (Å²) < 4.78 is 15.2. The molecule has 4 heterocycles. The fraction of sp³-hybridized carbons (Fsp3) is 0.300. The molecule has 10 nitrogen and oxygen atoms in total. The van der Waals surface area contributed by atoms with E-state index in [2.05, 4.69) is 20.3 Å².